The van der Waals surface area contributed by atoms with Gasteiger partial charge in [-0.1, -0.05) is 30.3 Å². The summed E-state index contributed by atoms with van der Waals surface area (Å²) in [5.74, 6) is 0.153. The number of hydrogen-bond acceptors (Lipinski definition) is 5. The van der Waals surface area contributed by atoms with Gasteiger partial charge >= 0.3 is 0 Å². The Kier molecular flexibility index (Phi) is 9.35. The van der Waals surface area contributed by atoms with Crippen molar-refractivity contribution in [3.05, 3.63) is 54.1 Å². The van der Waals surface area contributed by atoms with Crippen LogP contribution in [0.4, 0.5) is 5.69 Å². The van der Waals surface area contributed by atoms with Gasteiger partial charge in [0.05, 0.1) is 32.7 Å². The fourth-order valence-corrected chi connectivity index (χ4v) is 2.79. The molecule has 0 saturated heterocycles. The van der Waals surface area contributed by atoms with Crippen LogP contribution in [0.2, 0.25) is 0 Å². The molecule has 0 bridgehead atoms. The number of benzene rings is 2. The minimum absolute atomic E-state index is 0.148. The number of carbonyl (C=O) groups is 3. The van der Waals surface area contributed by atoms with Crippen LogP contribution in [0.3, 0.4) is 0 Å². The number of likely N-dealkylation sites (N-methyl/N-ethyl adjacent to an activating group) is 1. The summed E-state index contributed by atoms with van der Waals surface area (Å²) in [5.41, 5.74) is 1.40. The van der Waals surface area contributed by atoms with Gasteiger partial charge in [-0.25, -0.2) is 0 Å². The number of hydrogen-bond donors (Lipinski definition) is 2. The molecule has 2 aromatic rings. The lowest BCUT2D eigenvalue weighted by atomic mass is 10.1. The summed E-state index contributed by atoms with van der Waals surface area (Å²) >= 11 is 0. The second kappa shape index (κ2) is 12.2. The van der Waals surface area contributed by atoms with Crippen LogP contribution in [0.1, 0.15) is 19.4 Å². The summed E-state index contributed by atoms with van der Waals surface area (Å²) in [7, 11) is 1.51. The molecule has 0 aliphatic heterocycles. The van der Waals surface area contributed by atoms with Crippen molar-refractivity contribution < 1.29 is 23.9 Å². The van der Waals surface area contributed by atoms with Crippen molar-refractivity contribution in [2.75, 3.05) is 38.7 Å². The highest BCUT2D eigenvalue weighted by molar-refractivity contribution is 5.95. The van der Waals surface area contributed by atoms with E-state index in [1.54, 1.807) is 18.2 Å². The minimum atomic E-state index is -0.363. The first-order chi connectivity index (χ1) is 14.9. The molecule has 3 amide bonds. The van der Waals surface area contributed by atoms with Gasteiger partial charge in [0.15, 0.2) is 11.5 Å². The van der Waals surface area contributed by atoms with E-state index in [4.69, 9.17) is 9.47 Å². The van der Waals surface area contributed by atoms with Gasteiger partial charge in [0.25, 0.3) is 0 Å². The topological polar surface area (TPSA) is 97.0 Å². The van der Waals surface area contributed by atoms with E-state index in [1.807, 2.05) is 44.2 Å². The Morgan fingerprint density at radius 2 is 1.58 bits per heavy atom. The third-order valence-corrected chi connectivity index (χ3v) is 4.28. The van der Waals surface area contributed by atoms with Gasteiger partial charge in [0.2, 0.25) is 17.7 Å². The number of carbonyl (C=O) groups excluding carboxylic acids is 3. The molecule has 0 saturated carbocycles. The molecule has 2 rings (SSSR count). The molecule has 0 unspecified atom stereocenters. The molecule has 31 heavy (non-hydrogen) atoms. The van der Waals surface area contributed by atoms with E-state index >= 15 is 0 Å². The van der Waals surface area contributed by atoms with Crippen molar-refractivity contribution in [1.29, 1.82) is 0 Å². The summed E-state index contributed by atoms with van der Waals surface area (Å²) in [6, 6.07) is 14.4. The molecule has 8 nitrogen and oxygen atoms in total. The standard InChI is InChI=1S/C23H29N3O5/c1-4-30-19-12-11-18(14-20(19)31-5-2)25-22(28)16-26(3)23(29)15-24-21(27)13-17-9-7-6-8-10-17/h6-12,14H,4-5,13,15-16H2,1-3H3,(H,24,27)(H,25,28). The predicted octanol–water partition coefficient (Wildman–Crippen LogP) is 2.24. The van der Waals surface area contributed by atoms with Gasteiger partial charge in [-0.3, -0.25) is 14.4 Å². The molecule has 0 spiro atoms. The zero-order chi connectivity index (χ0) is 22.6. The quantitative estimate of drug-likeness (QED) is 0.573. The number of ether oxygens (including phenoxy) is 2. The number of anilines is 1. The first kappa shape index (κ1) is 23.7. The normalized spacial score (nSPS) is 10.2. The van der Waals surface area contributed by atoms with E-state index in [2.05, 4.69) is 10.6 Å². The van der Waals surface area contributed by atoms with Crippen molar-refractivity contribution in [1.82, 2.24) is 10.2 Å². The SMILES string of the molecule is CCOc1ccc(NC(=O)CN(C)C(=O)CNC(=O)Cc2ccccc2)cc1OCC. The monoisotopic (exact) mass is 427 g/mol. The minimum Gasteiger partial charge on any atom is -0.490 e. The fourth-order valence-electron chi connectivity index (χ4n) is 2.79. The Morgan fingerprint density at radius 1 is 0.903 bits per heavy atom. The Morgan fingerprint density at radius 3 is 2.26 bits per heavy atom. The van der Waals surface area contributed by atoms with Gasteiger partial charge in [-0.15, -0.1) is 0 Å². The van der Waals surface area contributed by atoms with Crippen molar-refractivity contribution in [2.24, 2.45) is 0 Å². The number of amides is 3. The van der Waals surface area contributed by atoms with Crippen LogP contribution in [0.15, 0.2) is 48.5 Å². The maximum Gasteiger partial charge on any atom is 0.243 e. The highest BCUT2D eigenvalue weighted by atomic mass is 16.5. The van der Waals surface area contributed by atoms with Gasteiger partial charge < -0.3 is 25.0 Å². The summed E-state index contributed by atoms with van der Waals surface area (Å²) in [5, 5.41) is 5.32. The van der Waals surface area contributed by atoms with Crippen molar-refractivity contribution in [3.8, 4) is 11.5 Å². The van der Waals surface area contributed by atoms with Crippen LogP contribution in [0.25, 0.3) is 0 Å². The largest absolute Gasteiger partial charge is 0.490 e. The Labute approximate surface area is 182 Å². The van der Waals surface area contributed by atoms with Crippen LogP contribution in [0, 0.1) is 0 Å². The molecule has 0 atom stereocenters. The van der Waals surface area contributed by atoms with Crippen molar-refractivity contribution >= 4 is 23.4 Å². The molecule has 0 aliphatic carbocycles. The second-order valence-corrected chi connectivity index (χ2v) is 6.76. The third kappa shape index (κ3) is 8.00. The summed E-state index contributed by atoms with van der Waals surface area (Å²) in [6.07, 6.45) is 0.193. The average molecular weight is 428 g/mol. The third-order valence-electron chi connectivity index (χ3n) is 4.28. The van der Waals surface area contributed by atoms with Crippen LogP contribution in [-0.2, 0) is 20.8 Å². The Hall–Kier alpha value is -3.55. The molecule has 0 heterocycles. The average Bonchev–Trinajstić information content (AvgIpc) is 2.74. The molecular weight excluding hydrogens is 398 g/mol. The van der Waals surface area contributed by atoms with Crippen molar-refractivity contribution in [3.63, 3.8) is 0 Å². The van der Waals surface area contributed by atoms with Gasteiger partial charge in [0.1, 0.15) is 0 Å². The zero-order valence-corrected chi connectivity index (χ0v) is 18.1. The summed E-state index contributed by atoms with van der Waals surface area (Å²) in [6.45, 7) is 4.38. The summed E-state index contributed by atoms with van der Waals surface area (Å²) < 4.78 is 11.1. The number of nitrogens with zero attached hydrogens (tertiary/aromatic N) is 1. The van der Waals surface area contributed by atoms with Gasteiger partial charge in [0, 0.05) is 18.8 Å². The van der Waals surface area contributed by atoms with Gasteiger partial charge in [-0.2, -0.15) is 0 Å². The highest BCUT2D eigenvalue weighted by Crippen LogP contribution is 2.30. The lowest BCUT2D eigenvalue weighted by molar-refractivity contribution is -0.134. The smallest absolute Gasteiger partial charge is 0.243 e. The fraction of sp³-hybridized carbons (Fsp3) is 0.348. The molecular formula is C23H29N3O5. The first-order valence-corrected chi connectivity index (χ1v) is 10.2. The molecule has 2 N–H and O–H groups in total. The first-order valence-electron chi connectivity index (χ1n) is 10.2. The van der Waals surface area contributed by atoms with E-state index in [0.29, 0.717) is 30.4 Å². The lowest BCUT2D eigenvalue weighted by Gasteiger charge is -2.18. The van der Waals surface area contributed by atoms with E-state index in [-0.39, 0.29) is 37.2 Å². The van der Waals surface area contributed by atoms with E-state index < -0.39 is 0 Å². The predicted molar refractivity (Wildman–Crippen MR) is 118 cm³/mol. The van der Waals surface area contributed by atoms with E-state index in [0.717, 1.165) is 5.56 Å². The van der Waals surface area contributed by atoms with Crippen LogP contribution in [-0.4, -0.2) is 56.0 Å². The molecule has 2 aromatic carbocycles. The maximum absolute atomic E-state index is 12.3. The van der Waals surface area contributed by atoms with Crippen LogP contribution in [0.5, 0.6) is 11.5 Å². The Bertz CT molecular complexity index is 886. The molecule has 0 aromatic heterocycles. The number of nitrogens with one attached hydrogen (secondary N) is 2. The maximum atomic E-state index is 12.3. The molecule has 0 fully saturated rings. The van der Waals surface area contributed by atoms with Crippen molar-refractivity contribution in [2.45, 2.75) is 20.3 Å². The Balaban J connectivity index is 1.82. The number of rotatable bonds is 11. The molecule has 0 radical (unpaired) electrons. The van der Waals surface area contributed by atoms with Crippen LogP contribution >= 0.6 is 0 Å². The van der Waals surface area contributed by atoms with Gasteiger partial charge in [-0.05, 0) is 31.5 Å². The van der Waals surface area contributed by atoms with E-state index in [1.165, 1.54) is 11.9 Å². The molecule has 166 valence electrons. The highest BCUT2D eigenvalue weighted by Gasteiger charge is 2.15. The van der Waals surface area contributed by atoms with Crippen LogP contribution < -0.4 is 20.1 Å². The zero-order valence-electron chi connectivity index (χ0n) is 18.1. The summed E-state index contributed by atoms with van der Waals surface area (Å²) in [4.78, 5) is 37.8. The second-order valence-electron chi connectivity index (χ2n) is 6.76. The van der Waals surface area contributed by atoms with E-state index in [9.17, 15) is 14.4 Å². The lowest BCUT2D eigenvalue weighted by Crippen LogP contribution is -2.41. The molecule has 8 heteroatoms. The molecule has 0 aliphatic rings.